The molecule has 0 saturated heterocycles. The molecule has 2 aliphatic rings. The molecular formula is C11H21NO. The van der Waals surface area contributed by atoms with Gasteiger partial charge in [0.2, 0.25) is 0 Å². The first kappa shape index (κ1) is 9.47. The second-order valence-corrected chi connectivity index (χ2v) is 4.81. The van der Waals surface area contributed by atoms with Crippen LogP contribution in [0.4, 0.5) is 0 Å². The van der Waals surface area contributed by atoms with Gasteiger partial charge in [0.05, 0.1) is 6.10 Å². The fraction of sp³-hybridized carbons (Fsp3) is 1.00. The Morgan fingerprint density at radius 1 is 1.23 bits per heavy atom. The molecule has 2 aliphatic carbocycles. The molecular weight excluding hydrogens is 162 g/mol. The number of nitrogens with two attached hydrogens (primary N) is 1. The van der Waals surface area contributed by atoms with Gasteiger partial charge in [-0.15, -0.1) is 0 Å². The highest BCUT2D eigenvalue weighted by Gasteiger charge is 2.42. The summed E-state index contributed by atoms with van der Waals surface area (Å²) in [7, 11) is 1.83. The molecule has 0 radical (unpaired) electrons. The van der Waals surface area contributed by atoms with Crippen LogP contribution >= 0.6 is 0 Å². The Morgan fingerprint density at radius 3 is 2.54 bits per heavy atom. The van der Waals surface area contributed by atoms with Crippen molar-refractivity contribution in [3.8, 4) is 0 Å². The number of rotatable bonds is 2. The SMILES string of the molecule is COC1CCCC(C2(N)CCC2)C1. The molecule has 0 spiro atoms. The number of methoxy groups -OCH3 is 1. The van der Waals surface area contributed by atoms with Crippen LogP contribution in [0, 0.1) is 5.92 Å². The zero-order chi connectivity index (χ0) is 9.31. The molecule has 13 heavy (non-hydrogen) atoms. The highest BCUT2D eigenvalue weighted by molar-refractivity contribution is 5.00. The van der Waals surface area contributed by atoms with E-state index in [1.807, 2.05) is 7.11 Å². The van der Waals surface area contributed by atoms with Crippen molar-refractivity contribution in [1.82, 2.24) is 0 Å². The van der Waals surface area contributed by atoms with Gasteiger partial charge in [0, 0.05) is 12.6 Å². The Labute approximate surface area is 80.8 Å². The van der Waals surface area contributed by atoms with Gasteiger partial charge in [-0.05, 0) is 44.4 Å². The van der Waals surface area contributed by atoms with Crippen LogP contribution in [0.3, 0.4) is 0 Å². The highest BCUT2D eigenvalue weighted by Crippen LogP contribution is 2.43. The summed E-state index contributed by atoms with van der Waals surface area (Å²) >= 11 is 0. The Balaban J connectivity index is 1.91. The Hall–Kier alpha value is -0.0800. The van der Waals surface area contributed by atoms with Crippen LogP contribution in [0.15, 0.2) is 0 Å². The third-order valence-corrected chi connectivity index (χ3v) is 4.06. The van der Waals surface area contributed by atoms with E-state index in [1.54, 1.807) is 0 Å². The highest BCUT2D eigenvalue weighted by atomic mass is 16.5. The minimum atomic E-state index is 0.192. The molecule has 0 bridgehead atoms. The third-order valence-electron chi connectivity index (χ3n) is 4.06. The average molecular weight is 183 g/mol. The van der Waals surface area contributed by atoms with E-state index < -0.39 is 0 Å². The lowest BCUT2D eigenvalue weighted by atomic mass is 9.64. The smallest absolute Gasteiger partial charge is 0.0574 e. The first-order chi connectivity index (χ1) is 6.24. The van der Waals surface area contributed by atoms with Gasteiger partial charge in [-0.25, -0.2) is 0 Å². The Bertz CT molecular complexity index is 177. The van der Waals surface area contributed by atoms with Gasteiger partial charge in [0.25, 0.3) is 0 Å². The lowest BCUT2D eigenvalue weighted by Crippen LogP contribution is -2.54. The van der Waals surface area contributed by atoms with Gasteiger partial charge in [-0.3, -0.25) is 0 Å². The molecule has 2 saturated carbocycles. The lowest BCUT2D eigenvalue weighted by molar-refractivity contribution is 0.0132. The fourth-order valence-corrected chi connectivity index (χ4v) is 2.87. The molecule has 0 amide bonds. The number of hydrogen-bond donors (Lipinski definition) is 1. The van der Waals surface area contributed by atoms with Crippen molar-refractivity contribution in [2.45, 2.75) is 56.6 Å². The first-order valence-corrected chi connectivity index (χ1v) is 5.56. The van der Waals surface area contributed by atoms with E-state index in [4.69, 9.17) is 10.5 Å². The number of ether oxygens (including phenoxy) is 1. The maximum absolute atomic E-state index is 6.34. The van der Waals surface area contributed by atoms with Gasteiger partial charge >= 0.3 is 0 Å². The molecule has 2 fully saturated rings. The van der Waals surface area contributed by atoms with E-state index in [1.165, 1.54) is 44.9 Å². The lowest BCUT2D eigenvalue weighted by Gasteiger charge is -2.47. The van der Waals surface area contributed by atoms with Crippen molar-refractivity contribution in [2.24, 2.45) is 11.7 Å². The predicted octanol–water partition coefficient (Wildman–Crippen LogP) is 2.07. The van der Waals surface area contributed by atoms with E-state index in [-0.39, 0.29) is 5.54 Å². The molecule has 2 N–H and O–H groups in total. The molecule has 0 heterocycles. The third kappa shape index (κ3) is 1.75. The zero-order valence-electron chi connectivity index (χ0n) is 8.59. The van der Waals surface area contributed by atoms with Gasteiger partial charge in [-0.2, -0.15) is 0 Å². The summed E-state index contributed by atoms with van der Waals surface area (Å²) in [5.41, 5.74) is 6.53. The second-order valence-electron chi connectivity index (χ2n) is 4.81. The molecule has 2 atom stereocenters. The largest absolute Gasteiger partial charge is 0.381 e. The van der Waals surface area contributed by atoms with E-state index >= 15 is 0 Å². The molecule has 0 aromatic heterocycles. The van der Waals surface area contributed by atoms with Crippen LogP contribution in [0.25, 0.3) is 0 Å². The number of hydrogen-bond acceptors (Lipinski definition) is 2. The molecule has 0 aromatic rings. The summed E-state index contributed by atoms with van der Waals surface area (Å²) in [5.74, 6) is 0.736. The quantitative estimate of drug-likeness (QED) is 0.711. The molecule has 2 rings (SSSR count). The monoisotopic (exact) mass is 183 g/mol. The second kappa shape index (κ2) is 3.58. The van der Waals surface area contributed by atoms with Gasteiger partial charge < -0.3 is 10.5 Å². The van der Waals surface area contributed by atoms with Crippen LogP contribution in [-0.4, -0.2) is 18.8 Å². The zero-order valence-corrected chi connectivity index (χ0v) is 8.59. The summed E-state index contributed by atoms with van der Waals surface area (Å²) in [6.45, 7) is 0. The normalized spacial score (nSPS) is 38.3. The molecule has 0 aliphatic heterocycles. The topological polar surface area (TPSA) is 35.2 Å². The molecule has 76 valence electrons. The summed E-state index contributed by atoms with van der Waals surface area (Å²) in [6, 6.07) is 0. The van der Waals surface area contributed by atoms with Crippen molar-refractivity contribution < 1.29 is 4.74 Å². The van der Waals surface area contributed by atoms with Gasteiger partial charge in [0.15, 0.2) is 0 Å². The average Bonchev–Trinajstić information content (AvgIpc) is 2.14. The fourth-order valence-electron chi connectivity index (χ4n) is 2.87. The Morgan fingerprint density at radius 2 is 2.00 bits per heavy atom. The summed E-state index contributed by atoms with van der Waals surface area (Å²) in [5, 5.41) is 0. The van der Waals surface area contributed by atoms with Crippen molar-refractivity contribution in [1.29, 1.82) is 0 Å². The van der Waals surface area contributed by atoms with E-state index in [2.05, 4.69) is 0 Å². The van der Waals surface area contributed by atoms with E-state index in [9.17, 15) is 0 Å². The first-order valence-electron chi connectivity index (χ1n) is 5.56. The molecule has 0 aromatic carbocycles. The van der Waals surface area contributed by atoms with Crippen molar-refractivity contribution in [3.05, 3.63) is 0 Å². The van der Waals surface area contributed by atoms with Crippen molar-refractivity contribution in [3.63, 3.8) is 0 Å². The van der Waals surface area contributed by atoms with Crippen molar-refractivity contribution >= 4 is 0 Å². The maximum atomic E-state index is 6.34. The van der Waals surface area contributed by atoms with Crippen LogP contribution in [0.1, 0.15) is 44.9 Å². The summed E-state index contributed by atoms with van der Waals surface area (Å²) < 4.78 is 5.43. The molecule has 2 unspecified atom stereocenters. The standard InChI is InChI=1S/C11H21NO/c1-13-10-5-2-4-9(8-10)11(12)6-3-7-11/h9-10H,2-8,12H2,1H3. The van der Waals surface area contributed by atoms with Crippen LogP contribution in [0.2, 0.25) is 0 Å². The van der Waals surface area contributed by atoms with Gasteiger partial charge in [-0.1, -0.05) is 6.42 Å². The van der Waals surface area contributed by atoms with Crippen LogP contribution < -0.4 is 5.73 Å². The van der Waals surface area contributed by atoms with E-state index in [0.717, 1.165) is 5.92 Å². The minimum absolute atomic E-state index is 0.192. The van der Waals surface area contributed by atoms with Crippen molar-refractivity contribution in [2.75, 3.05) is 7.11 Å². The predicted molar refractivity (Wildman–Crippen MR) is 53.5 cm³/mol. The summed E-state index contributed by atoms with van der Waals surface area (Å²) in [6.07, 6.45) is 9.39. The minimum Gasteiger partial charge on any atom is -0.381 e. The van der Waals surface area contributed by atoms with Crippen LogP contribution in [-0.2, 0) is 4.74 Å². The maximum Gasteiger partial charge on any atom is 0.0574 e. The molecule has 2 nitrogen and oxygen atoms in total. The van der Waals surface area contributed by atoms with E-state index in [0.29, 0.717) is 6.10 Å². The molecule has 2 heteroatoms. The Kier molecular flexibility index (Phi) is 2.61. The van der Waals surface area contributed by atoms with Gasteiger partial charge in [0.1, 0.15) is 0 Å². The van der Waals surface area contributed by atoms with Crippen LogP contribution in [0.5, 0.6) is 0 Å². The summed E-state index contributed by atoms with van der Waals surface area (Å²) in [4.78, 5) is 0.